The molecule has 0 unspecified atom stereocenters. The van der Waals surface area contributed by atoms with Gasteiger partial charge in [-0.3, -0.25) is 4.79 Å². The minimum absolute atomic E-state index is 0.0612. The molecule has 1 aliphatic rings. The second-order valence-corrected chi connectivity index (χ2v) is 7.52. The van der Waals surface area contributed by atoms with Crippen molar-refractivity contribution < 1.29 is 4.79 Å². The molecule has 0 bridgehead atoms. The largest absolute Gasteiger partial charge is 0.337 e. The summed E-state index contributed by atoms with van der Waals surface area (Å²) in [7, 11) is 1.86. The Balaban J connectivity index is 1.51. The predicted molar refractivity (Wildman–Crippen MR) is 111 cm³/mol. The van der Waals surface area contributed by atoms with E-state index >= 15 is 0 Å². The van der Waals surface area contributed by atoms with Crippen LogP contribution in [-0.2, 0) is 6.54 Å². The van der Waals surface area contributed by atoms with E-state index in [0.29, 0.717) is 12.5 Å². The first-order chi connectivity index (χ1) is 13.6. The van der Waals surface area contributed by atoms with Gasteiger partial charge in [-0.1, -0.05) is 36.4 Å². The van der Waals surface area contributed by atoms with Crippen molar-refractivity contribution in [3.05, 3.63) is 83.2 Å². The molecule has 2 aromatic carbocycles. The average Bonchev–Trinajstić information content (AvgIpc) is 3.40. The van der Waals surface area contributed by atoms with Gasteiger partial charge in [-0.05, 0) is 49.1 Å². The number of carbonyl (C=O) groups is 1. The third-order valence-corrected chi connectivity index (χ3v) is 5.46. The van der Waals surface area contributed by atoms with Crippen molar-refractivity contribution in [3.63, 3.8) is 0 Å². The Morgan fingerprint density at radius 1 is 1.21 bits per heavy atom. The third kappa shape index (κ3) is 3.71. The lowest BCUT2D eigenvalue weighted by Gasteiger charge is -2.20. The van der Waals surface area contributed by atoms with E-state index in [-0.39, 0.29) is 5.91 Å². The predicted octanol–water partition coefficient (Wildman–Crippen LogP) is 3.53. The van der Waals surface area contributed by atoms with Gasteiger partial charge in [0.15, 0.2) is 0 Å². The van der Waals surface area contributed by atoms with Crippen LogP contribution < -0.4 is 5.32 Å². The van der Waals surface area contributed by atoms with Crippen molar-refractivity contribution in [1.29, 1.82) is 0 Å². The topological polar surface area (TPSA) is 50.2 Å². The van der Waals surface area contributed by atoms with Crippen molar-refractivity contribution in [1.82, 2.24) is 20.0 Å². The van der Waals surface area contributed by atoms with Gasteiger partial charge in [0.1, 0.15) is 0 Å². The van der Waals surface area contributed by atoms with E-state index in [1.54, 1.807) is 4.90 Å². The van der Waals surface area contributed by atoms with E-state index < -0.39 is 0 Å². The number of benzene rings is 2. The van der Waals surface area contributed by atoms with Crippen LogP contribution in [0.1, 0.15) is 39.4 Å². The molecule has 144 valence electrons. The van der Waals surface area contributed by atoms with E-state index in [9.17, 15) is 4.79 Å². The molecule has 1 atom stereocenters. The highest BCUT2D eigenvalue weighted by Crippen LogP contribution is 2.26. The maximum atomic E-state index is 13.1. The summed E-state index contributed by atoms with van der Waals surface area (Å²) in [5, 5.41) is 7.88. The molecule has 0 spiro atoms. The van der Waals surface area contributed by atoms with Gasteiger partial charge in [0.2, 0.25) is 0 Å². The SMILES string of the molecule is Cc1ccccc1-n1cc(CN(C)C(=O)c2ccccc2[C@@H]2CCNC2)cn1. The summed E-state index contributed by atoms with van der Waals surface area (Å²) in [6, 6.07) is 16.2. The van der Waals surface area contributed by atoms with Crippen LogP contribution in [0.3, 0.4) is 0 Å². The zero-order valence-corrected chi connectivity index (χ0v) is 16.4. The monoisotopic (exact) mass is 374 g/mol. The zero-order chi connectivity index (χ0) is 19.5. The zero-order valence-electron chi connectivity index (χ0n) is 16.4. The van der Waals surface area contributed by atoms with Crippen molar-refractivity contribution >= 4 is 5.91 Å². The van der Waals surface area contributed by atoms with Crippen molar-refractivity contribution in [2.75, 3.05) is 20.1 Å². The summed E-state index contributed by atoms with van der Waals surface area (Å²) in [6.45, 7) is 4.56. The van der Waals surface area contributed by atoms with E-state index in [2.05, 4.69) is 29.5 Å². The maximum Gasteiger partial charge on any atom is 0.254 e. The molecule has 1 saturated heterocycles. The summed E-state index contributed by atoms with van der Waals surface area (Å²) < 4.78 is 1.88. The fraction of sp³-hybridized carbons (Fsp3) is 0.304. The molecule has 1 N–H and O–H groups in total. The Bertz CT molecular complexity index is 972. The number of amides is 1. The number of carbonyl (C=O) groups excluding carboxylic acids is 1. The minimum atomic E-state index is 0.0612. The fourth-order valence-corrected chi connectivity index (χ4v) is 3.91. The Morgan fingerprint density at radius 2 is 2.00 bits per heavy atom. The van der Waals surface area contributed by atoms with Crippen molar-refractivity contribution in [2.24, 2.45) is 0 Å². The second-order valence-electron chi connectivity index (χ2n) is 7.52. The molecule has 1 amide bonds. The van der Waals surface area contributed by atoms with Crippen LogP contribution in [0, 0.1) is 6.92 Å². The van der Waals surface area contributed by atoms with Gasteiger partial charge in [-0.2, -0.15) is 5.10 Å². The molecule has 0 saturated carbocycles. The molecule has 0 aliphatic carbocycles. The number of hydrogen-bond acceptors (Lipinski definition) is 3. The maximum absolute atomic E-state index is 13.1. The number of rotatable bonds is 5. The van der Waals surface area contributed by atoms with Gasteiger partial charge in [0.25, 0.3) is 5.91 Å². The summed E-state index contributed by atoms with van der Waals surface area (Å²) in [4.78, 5) is 14.9. The first kappa shape index (κ1) is 18.4. The van der Waals surface area contributed by atoms with Gasteiger partial charge >= 0.3 is 0 Å². The van der Waals surface area contributed by atoms with Crippen LogP contribution in [0.25, 0.3) is 5.69 Å². The lowest BCUT2D eigenvalue weighted by atomic mass is 9.93. The van der Waals surface area contributed by atoms with Crippen molar-refractivity contribution in [2.45, 2.75) is 25.8 Å². The summed E-state index contributed by atoms with van der Waals surface area (Å²) in [5.74, 6) is 0.475. The standard InChI is InChI=1S/C23H26N4O/c1-17-7-3-6-10-22(17)27-16-18(13-25-27)15-26(2)23(28)21-9-5-4-8-20(21)19-11-12-24-14-19/h3-10,13,16,19,24H,11-12,14-15H2,1-2H3/t19-/m1/s1. The van der Waals surface area contributed by atoms with Crippen LogP contribution in [0.15, 0.2) is 60.9 Å². The summed E-state index contributed by atoms with van der Waals surface area (Å²) in [6.07, 6.45) is 4.92. The number of nitrogens with zero attached hydrogens (tertiary/aromatic N) is 3. The molecule has 1 aliphatic heterocycles. The number of aromatic nitrogens is 2. The minimum Gasteiger partial charge on any atom is -0.337 e. The number of aryl methyl sites for hydroxylation is 1. The van der Waals surface area contributed by atoms with Crippen molar-refractivity contribution in [3.8, 4) is 5.69 Å². The third-order valence-electron chi connectivity index (χ3n) is 5.46. The molecule has 0 radical (unpaired) electrons. The van der Waals surface area contributed by atoms with E-state index in [1.807, 2.05) is 60.5 Å². The quantitative estimate of drug-likeness (QED) is 0.743. The normalized spacial score (nSPS) is 16.3. The van der Waals surface area contributed by atoms with Gasteiger partial charge in [0, 0.05) is 37.5 Å². The van der Waals surface area contributed by atoms with Gasteiger partial charge in [-0.25, -0.2) is 4.68 Å². The molecule has 3 aromatic rings. The summed E-state index contributed by atoms with van der Waals surface area (Å²) in [5.41, 5.74) is 5.20. The molecule has 1 fully saturated rings. The molecular formula is C23H26N4O. The average molecular weight is 374 g/mol. The molecule has 5 heteroatoms. The first-order valence-electron chi connectivity index (χ1n) is 9.78. The van der Waals surface area contributed by atoms with E-state index in [4.69, 9.17) is 0 Å². The Morgan fingerprint density at radius 3 is 2.79 bits per heavy atom. The Kier molecular flexibility index (Phi) is 5.26. The van der Waals surface area contributed by atoms with E-state index in [1.165, 1.54) is 5.56 Å². The highest BCUT2D eigenvalue weighted by molar-refractivity contribution is 5.95. The van der Waals surface area contributed by atoms with Crippen LogP contribution in [-0.4, -0.2) is 40.7 Å². The van der Waals surface area contributed by atoms with Crippen LogP contribution in [0.5, 0.6) is 0 Å². The Labute approximate surface area is 166 Å². The van der Waals surface area contributed by atoms with E-state index in [0.717, 1.165) is 41.9 Å². The number of hydrogen-bond donors (Lipinski definition) is 1. The first-order valence-corrected chi connectivity index (χ1v) is 9.78. The highest BCUT2D eigenvalue weighted by atomic mass is 16.2. The lowest BCUT2D eigenvalue weighted by Crippen LogP contribution is -2.27. The second kappa shape index (κ2) is 7.98. The summed E-state index contributed by atoms with van der Waals surface area (Å²) >= 11 is 0. The van der Waals surface area contributed by atoms with Gasteiger partial charge in [-0.15, -0.1) is 0 Å². The molecule has 1 aromatic heterocycles. The molecule has 28 heavy (non-hydrogen) atoms. The number of nitrogens with one attached hydrogen (secondary N) is 1. The van der Waals surface area contributed by atoms with Gasteiger partial charge in [0.05, 0.1) is 11.9 Å². The Hall–Kier alpha value is -2.92. The van der Waals surface area contributed by atoms with Crippen LogP contribution in [0.2, 0.25) is 0 Å². The van der Waals surface area contributed by atoms with Crippen LogP contribution >= 0.6 is 0 Å². The lowest BCUT2D eigenvalue weighted by molar-refractivity contribution is 0.0783. The molecule has 5 nitrogen and oxygen atoms in total. The number of para-hydroxylation sites is 1. The molecule has 4 rings (SSSR count). The fourth-order valence-electron chi connectivity index (χ4n) is 3.91. The highest BCUT2D eigenvalue weighted by Gasteiger charge is 2.23. The molecule has 2 heterocycles. The molecular weight excluding hydrogens is 348 g/mol. The van der Waals surface area contributed by atoms with Gasteiger partial charge < -0.3 is 10.2 Å². The smallest absolute Gasteiger partial charge is 0.254 e. The van der Waals surface area contributed by atoms with Crippen LogP contribution in [0.4, 0.5) is 0 Å².